The first kappa shape index (κ1) is 10.1. The third-order valence-electron chi connectivity index (χ3n) is 3.27. The Morgan fingerprint density at radius 3 is 2.82 bits per heavy atom. The van der Waals surface area contributed by atoms with Crippen molar-refractivity contribution in [2.24, 2.45) is 0 Å². The van der Waals surface area contributed by atoms with Crippen LogP contribution in [0.5, 0.6) is 5.75 Å². The molecule has 1 heterocycles. The van der Waals surface area contributed by atoms with E-state index in [1.807, 2.05) is 6.07 Å². The fourth-order valence-electron chi connectivity index (χ4n) is 2.06. The highest BCUT2D eigenvalue weighted by atomic mass is 16.3. The summed E-state index contributed by atoms with van der Waals surface area (Å²) in [6.45, 7) is 0. The zero-order chi connectivity index (χ0) is 11.8. The van der Waals surface area contributed by atoms with Gasteiger partial charge in [-0.15, -0.1) is 5.10 Å². The summed E-state index contributed by atoms with van der Waals surface area (Å²) in [5.74, 6) is 0.792. The molecule has 3 N–H and O–H groups in total. The van der Waals surface area contributed by atoms with Crippen LogP contribution in [0.25, 0.3) is 11.3 Å². The summed E-state index contributed by atoms with van der Waals surface area (Å²) < 4.78 is 1.79. The first-order valence-corrected chi connectivity index (χ1v) is 5.76. The topological polar surface area (TPSA) is 77.0 Å². The van der Waals surface area contributed by atoms with Gasteiger partial charge in [0.1, 0.15) is 11.4 Å². The van der Waals surface area contributed by atoms with Crippen LogP contribution in [0.4, 0.5) is 5.82 Å². The molecule has 1 fully saturated rings. The van der Waals surface area contributed by atoms with Gasteiger partial charge in [-0.1, -0.05) is 17.3 Å². The van der Waals surface area contributed by atoms with Crippen molar-refractivity contribution in [2.45, 2.75) is 25.3 Å². The number of phenolic OH excluding ortho intramolecular Hbond substituents is 1. The van der Waals surface area contributed by atoms with Gasteiger partial charge in [0, 0.05) is 5.56 Å². The third-order valence-corrected chi connectivity index (χ3v) is 3.27. The number of rotatable bonds is 2. The summed E-state index contributed by atoms with van der Waals surface area (Å²) in [5, 5.41) is 17.7. The predicted octanol–water partition coefficient (Wildman–Crippen LogP) is 1.96. The van der Waals surface area contributed by atoms with E-state index in [2.05, 4.69) is 10.3 Å². The molecule has 0 bridgehead atoms. The van der Waals surface area contributed by atoms with Crippen molar-refractivity contribution in [1.82, 2.24) is 15.0 Å². The molecule has 0 saturated heterocycles. The van der Waals surface area contributed by atoms with Crippen molar-refractivity contribution >= 4 is 5.82 Å². The lowest BCUT2D eigenvalue weighted by atomic mass is 9.93. The van der Waals surface area contributed by atoms with Crippen LogP contribution >= 0.6 is 0 Å². The van der Waals surface area contributed by atoms with E-state index in [1.54, 1.807) is 22.9 Å². The summed E-state index contributed by atoms with van der Waals surface area (Å²) >= 11 is 0. The Morgan fingerprint density at radius 1 is 1.35 bits per heavy atom. The summed E-state index contributed by atoms with van der Waals surface area (Å²) in [6, 6.07) is 7.30. The third kappa shape index (κ3) is 1.63. The van der Waals surface area contributed by atoms with E-state index < -0.39 is 0 Å². The molecule has 5 heteroatoms. The summed E-state index contributed by atoms with van der Waals surface area (Å²) in [6.07, 6.45) is 3.46. The number of nitrogen functional groups attached to an aromatic ring is 1. The smallest absolute Gasteiger partial charge is 0.150 e. The van der Waals surface area contributed by atoms with E-state index in [4.69, 9.17) is 5.73 Å². The lowest BCUT2D eigenvalue weighted by Crippen LogP contribution is -2.19. The van der Waals surface area contributed by atoms with Gasteiger partial charge in [0.25, 0.3) is 0 Å². The molecule has 17 heavy (non-hydrogen) atoms. The Kier molecular flexibility index (Phi) is 2.24. The maximum Gasteiger partial charge on any atom is 0.150 e. The summed E-state index contributed by atoms with van der Waals surface area (Å²) in [5.41, 5.74) is 7.50. The van der Waals surface area contributed by atoms with Crippen molar-refractivity contribution < 1.29 is 5.11 Å². The molecule has 3 rings (SSSR count). The van der Waals surface area contributed by atoms with Crippen LogP contribution in [0.3, 0.4) is 0 Å². The molecule has 0 amide bonds. The monoisotopic (exact) mass is 230 g/mol. The van der Waals surface area contributed by atoms with Crippen LogP contribution in [-0.4, -0.2) is 20.1 Å². The van der Waals surface area contributed by atoms with Gasteiger partial charge < -0.3 is 10.8 Å². The van der Waals surface area contributed by atoms with Crippen LogP contribution in [0, 0.1) is 0 Å². The second-order valence-electron chi connectivity index (χ2n) is 4.40. The quantitative estimate of drug-likeness (QED) is 0.826. The molecule has 1 aromatic carbocycles. The van der Waals surface area contributed by atoms with E-state index in [9.17, 15) is 5.11 Å². The Bertz CT molecular complexity index is 545. The molecule has 0 radical (unpaired) electrons. The van der Waals surface area contributed by atoms with Gasteiger partial charge in [-0.3, -0.25) is 0 Å². The van der Waals surface area contributed by atoms with Gasteiger partial charge in [-0.05, 0) is 31.4 Å². The van der Waals surface area contributed by atoms with Gasteiger partial charge in [-0.2, -0.15) is 0 Å². The van der Waals surface area contributed by atoms with Gasteiger partial charge in [0.05, 0.1) is 6.04 Å². The number of nitrogens with zero attached hydrogens (tertiary/aromatic N) is 3. The van der Waals surface area contributed by atoms with E-state index in [0.29, 0.717) is 17.6 Å². The van der Waals surface area contributed by atoms with Crippen molar-refractivity contribution in [3.05, 3.63) is 24.3 Å². The largest absolute Gasteiger partial charge is 0.508 e. The Balaban J connectivity index is 2.00. The minimum Gasteiger partial charge on any atom is -0.508 e. The van der Waals surface area contributed by atoms with Crippen molar-refractivity contribution in [1.29, 1.82) is 0 Å². The maximum absolute atomic E-state index is 9.44. The predicted molar refractivity (Wildman–Crippen MR) is 64.4 cm³/mol. The highest BCUT2D eigenvalue weighted by molar-refractivity contribution is 5.70. The molecule has 1 aliphatic rings. The second kappa shape index (κ2) is 3.76. The van der Waals surface area contributed by atoms with Gasteiger partial charge in [-0.25, -0.2) is 4.68 Å². The molecule has 0 aliphatic heterocycles. The molecule has 0 unspecified atom stereocenters. The average Bonchev–Trinajstić information content (AvgIpc) is 2.59. The number of hydrogen-bond acceptors (Lipinski definition) is 4. The SMILES string of the molecule is Nc1c(-c2cccc(O)c2)nnn1C1CCC1. The lowest BCUT2D eigenvalue weighted by Gasteiger charge is -2.25. The summed E-state index contributed by atoms with van der Waals surface area (Å²) in [7, 11) is 0. The number of benzene rings is 1. The summed E-state index contributed by atoms with van der Waals surface area (Å²) in [4.78, 5) is 0. The zero-order valence-corrected chi connectivity index (χ0v) is 9.37. The van der Waals surface area contributed by atoms with Gasteiger partial charge >= 0.3 is 0 Å². The number of aromatic hydroxyl groups is 1. The first-order valence-electron chi connectivity index (χ1n) is 5.76. The second-order valence-corrected chi connectivity index (χ2v) is 4.40. The highest BCUT2D eigenvalue weighted by Gasteiger charge is 2.24. The Hall–Kier alpha value is -2.04. The molecule has 0 atom stereocenters. The van der Waals surface area contributed by atoms with Crippen molar-refractivity contribution in [3.63, 3.8) is 0 Å². The number of anilines is 1. The first-order chi connectivity index (χ1) is 8.25. The molecule has 1 aliphatic carbocycles. The molecular formula is C12H14N4O. The molecule has 0 spiro atoms. The number of nitrogens with two attached hydrogens (primary N) is 1. The van der Waals surface area contributed by atoms with E-state index in [1.165, 1.54) is 6.42 Å². The Morgan fingerprint density at radius 2 is 2.18 bits per heavy atom. The number of aromatic nitrogens is 3. The minimum atomic E-state index is 0.208. The van der Waals surface area contributed by atoms with Crippen LogP contribution in [0.2, 0.25) is 0 Å². The zero-order valence-electron chi connectivity index (χ0n) is 9.37. The van der Waals surface area contributed by atoms with Gasteiger partial charge in [0.2, 0.25) is 0 Å². The molecule has 88 valence electrons. The van der Waals surface area contributed by atoms with Crippen LogP contribution in [0.15, 0.2) is 24.3 Å². The fourth-order valence-corrected chi connectivity index (χ4v) is 2.06. The van der Waals surface area contributed by atoms with E-state index in [0.717, 1.165) is 18.4 Å². The minimum absolute atomic E-state index is 0.208. The molecule has 2 aromatic rings. The number of phenols is 1. The average molecular weight is 230 g/mol. The lowest BCUT2D eigenvalue weighted by molar-refractivity contribution is 0.288. The highest BCUT2D eigenvalue weighted by Crippen LogP contribution is 2.35. The molecule has 1 saturated carbocycles. The van der Waals surface area contributed by atoms with Crippen molar-refractivity contribution in [2.75, 3.05) is 5.73 Å². The van der Waals surface area contributed by atoms with Gasteiger partial charge in [0.15, 0.2) is 5.82 Å². The molecule has 5 nitrogen and oxygen atoms in total. The molecule has 1 aromatic heterocycles. The van der Waals surface area contributed by atoms with E-state index in [-0.39, 0.29) is 5.75 Å². The van der Waals surface area contributed by atoms with Crippen LogP contribution in [-0.2, 0) is 0 Å². The van der Waals surface area contributed by atoms with E-state index >= 15 is 0 Å². The van der Waals surface area contributed by atoms with Crippen molar-refractivity contribution in [3.8, 4) is 17.0 Å². The maximum atomic E-state index is 9.44. The standard InChI is InChI=1S/C12H14N4O/c13-12-11(8-3-1-6-10(17)7-8)14-15-16(12)9-4-2-5-9/h1,3,6-7,9,17H,2,4-5,13H2. The molecular weight excluding hydrogens is 216 g/mol. The fraction of sp³-hybridized carbons (Fsp3) is 0.333. The normalized spacial score (nSPS) is 15.8. The van der Waals surface area contributed by atoms with Crippen LogP contribution in [0.1, 0.15) is 25.3 Å². The van der Waals surface area contributed by atoms with Crippen LogP contribution < -0.4 is 5.73 Å². The Labute approximate surface area is 98.9 Å². The number of hydrogen-bond donors (Lipinski definition) is 2.